The lowest BCUT2D eigenvalue weighted by Gasteiger charge is -2.09. The molecule has 6 aromatic heterocycles. The third-order valence-corrected chi connectivity index (χ3v) is 8.42. The van der Waals surface area contributed by atoms with E-state index in [2.05, 4.69) is 73.9 Å². The summed E-state index contributed by atoms with van der Waals surface area (Å²) in [7, 11) is 3.20. The maximum Gasteiger partial charge on any atom is 0.339 e. The molecule has 53 heavy (non-hydrogen) atoms. The number of aryl methyl sites for hydroxylation is 4. The Morgan fingerprint density at radius 1 is 0.717 bits per heavy atom. The Balaban J connectivity index is 0.000000161. The number of benzene rings is 2. The highest BCUT2D eigenvalue weighted by Crippen LogP contribution is 2.61. The second-order valence-corrected chi connectivity index (χ2v) is 18.5. The molecule has 0 fully saturated rings. The molecule has 8 aromatic rings. The van der Waals surface area contributed by atoms with E-state index >= 15 is 0 Å². The van der Waals surface area contributed by atoms with Crippen molar-refractivity contribution in [1.82, 2.24) is 40.2 Å². The Labute approximate surface area is 318 Å². The minimum absolute atomic E-state index is 0.0666. The summed E-state index contributed by atoms with van der Waals surface area (Å²) in [6.07, 6.45) is 0. The van der Waals surface area contributed by atoms with Gasteiger partial charge in [-0.3, -0.25) is 14.3 Å². The van der Waals surface area contributed by atoms with Crippen LogP contribution < -0.4 is 26.5 Å². The summed E-state index contributed by atoms with van der Waals surface area (Å²) in [5, 5.41) is 7.82. The van der Waals surface area contributed by atoms with Crippen LogP contribution in [0.4, 0.5) is 11.9 Å². The second-order valence-electron chi connectivity index (χ2n) is 11.5. The van der Waals surface area contributed by atoms with Gasteiger partial charge in [0.1, 0.15) is 39.5 Å². The standard InChI is InChI=1S/C16H14ClN5O2.C16H15N5O3.Cl3OP/c1-6-12(7(2)24-22-6)9-4-10-8(5-11(9)23-3)13-14(17)20-16(18)21-15(13)19-10;1-6-12(7(2)24-21-6)9-4-10-8(5-11(9)23-3)13-14(18-10)19-16(17)20-15(13)22;1-5(2,3)4/h4-5H,1-3H3,(H3,18,19,20,21);4-5H,1-3H3,(H4,17,18,19,20,22);. The molecule has 0 saturated carbocycles. The number of methoxy groups -OCH3 is 2. The Hall–Kier alpha value is -4.99. The molecule has 0 radical (unpaired) electrons. The summed E-state index contributed by atoms with van der Waals surface area (Å²) in [5.74, 6) is 2.92. The van der Waals surface area contributed by atoms with Gasteiger partial charge >= 0.3 is 5.20 Å². The van der Waals surface area contributed by atoms with Crippen molar-refractivity contribution in [2.24, 2.45) is 0 Å². The van der Waals surface area contributed by atoms with E-state index in [0.717, 1.165) is 55.8 Å². The fraction of sp³-hybridized carbons (Fsp3) is 0.188. The molecular weight excluding hydrogens is 793 g/mol. The molecule has 0 spiro atoms. The van der Waals surface area contributed by atoms with Crippen LogP contribution in [0, 0.1) is 27.7 Å². The number of hydrogen-bond donors (Lipinski definition) is 5. The molecule has 0 atom stereocenters. The SMILES string of the molecule is COc1cc2c(cc1-c1c(C)noc1C)[nH]c1nc(N)[nH]c(=O)c12.COc1cc2c(cc1-c1c(C)noc1C)[nH]c1nc(N)nc(Cl)c12.O=P(Cl)(Cl)Cl. The molecule has 7 N–H and O–H groups in total. The number of fused-ring (bicyclic) bond motifs is 6. The molecule has 8 rings (SSSR count). The third-order valence-electron chi connectivity index (χ3n) is 8.15. The monoisotopic (exact) mass is 820 g/mol. The number of anilines is 2. The van der Waals surface area contributed by atoms with Gasteiger partial charge in [-0.2, -0.15) is 9.97 Å². The summed E-state index contributed by atoms with van der Waals surface area (Å²) < 4.78 is 31.2. The van der Waals surface area contributed by atoms with Crippen LogP contribution in [-0.4, -0.2) is 54.4 Å². The van der Waals surface area contributed by atoms with E-state index < -0.39 is 5.20 Å². The molecule has 0 amide bonds. The number of rotatable bonds is 4. The maximum absolute atomic E-state index is 12.2. The largest absolute Gasteiger partial charge is 0.496 e. The van der Waals surface area contributed by atoms with E-state index in [1.807, 2.05) is 52.0 Å². The molecule has 21 heteroatoms. The summed E-state index contributed by atoms with van der Waals surface area (Å²) in [6.45, 7) is 7.47. The van der Waals surface area contributed by atoms with Crippen LogP contribution in [0.3, 0.4) is 0 Å². The molecule has 16 nitrogen and oxygen atoms in total. The van der Waals surface area contributed by atoms with Crippen molar-refractivity contribution in [3.63, 3.8) is 0 Å². The average Bonchev–Trinajstić information content (AvgIpc) is 3.80. The smallest absolute Gasteiger partial charge is 0.339 e. The molecule has 0 unspecified atom stereocenters. The Kier molecular flexibility index (Phi) is 10.3. The van der Waals surface area contributed by atoms with E-state index in [-0.39, 0.29) is 17.5 Å². The molecular formula is C32H29Cl4N10O6P. The zero-order chi connectivity index (χ0) is 38.5. The van der Waals surface area contributed by atoms with Crippen LogP contribution in [0.25, 0.3) is 66.1 Å². The Morgan fingerprint density at radius 2 is 1.17 bits per heavy atom. The van der Waals surface area contributed by atoms with Crippen molar-refractivity contribution in [3.8, 4) is 33.8 Å². The van der Waals surface area contributed by atoms with Crippen molar-refractivity contribution in [2.45, 2.75) is 27.7 Å². The number of aromatic amines is 3. The minimum atomic E-state index is -3.22. The Morgan fingerprint density at radius 3 is 1.60 bits per heavy atom. The molecule has 0 aliphatic carbocycles. The van der Waals surface area contributed by atoms with Crippen LogP contribution in [0.1, 0.15) is 22.9 Å². The van der Waals surface area contributed by atoms with E-state index in [0.29, 0.717) is 49.9 Å². The summed E-state index contributed by atoms with van der Waals surface area (Å²) in [5.41, 5.74) is 18.7. The highest BCUT2D eigenvalue weighted by molar-refractivity contribution is 8.24. The first-order chi connectivity index (χ1) is 25.0. The van der Waals surface area contributed by atoms with Gasteiger partial charge in [0.25, 0.3) is 5.56 Å². The molecule has 0 saturated heterocycles. The number of halogens is 4. The number of nitrogens with zero attached hydrogens (tertiary/aromatic N) is 5. The topological polar surface area (TPSA) is 243 Å². The first kappa shape index (κ1) is 37.8. The zero-order valence-corrected chi connectivity index (χ0v) is 32.5. The average molecular weight is 822 g/mol. The summed E-state index contributed by atoms with van der Waals surface area (Å²) in [4.78, 5) is 33.5. The van der Waals surface area contributed by atoms with Gasteiger partial charge in [-0.05, 0) is 85.7 Å². The van der Waals surface area contributed by atoms with E-state index in [1.165, 1.54) is 0 Å². The van der Waals surface area contributed by atoms with Crippen molar-refractivity contribution in [1.29, 1.82) is 0 Å². The Bertz CT molecular complexity index is 2760. The lowest BCUT2D eigenvalue weighted by atomic mass is 10.0. The predicted octanol–water partition coefficient (Wildman–Crippen LogP) is 8.71. The number of H-pyrrole nitrogens is 3. The van der Waals surface area contributed by atoms with E-state index in [4.69, 9.17) is 41.6 Å². The lowest BCUT2D eigenvalue weighted by molar-refractivity contribution is 0.393. The van der Waals surface area contributed by atoms with Crippen LogP contribution in [0.5, 0.6) is 11.5 Å². The molecule has 6 heterocycles. The van der Waals surface area contributed by atoms with Crippen LogP contribution >= 0.6 is 50.5 Å². The number of nitrogens with one attached hydrogen (secondary N) is 3. The van der Waals surface area contributed by atoms with Gasteiger partial charge in [0.05, 0.1) is 47.5 Å². The van der Waals surface area contributed by atoms with Gasteiger partial charge in [0, 0.05) is 32.9 Å². The molecule has 0 aliphatic rings. The van der Waals surface area contributed by atoms with Gasteiger partial charge in [0.2, 0.25) is 11.9 Å². The molecule has 276 valence electrons. The summed E-state index contributed by atoms with van der Waals surface area (Å²) in [6, 6.07) is 7.58. The van der Waals surface area contributed by atoms with Crippen LogP contribution in [0.15, 0.2) is 38.1 Å². The number of nitrogen functional groups attached to an aromatic ring is 2. The quantitative estimate of drug-likeness (QED) is 0.0825. The fourth-order valence-electron chi connectivity index (χ4n) is 6.11. The number of hydrogen-bond acceptors (Lipinski definition) is 13. The highest BCUT2D eigenvalue weighted by Gasteiger charge is 2.21. The first-order valence-electron chi connectivity index (χ1n) is 15.3. The number of aromatic nitrogens is 8. The van der Waals surface area contributed by atoms with Crippen molar-refractivity contribution in [3.05, 3.63) is 62.7 Å². The van der Waals surface area contributed by atoms with Crippen LogP contribution in [0.2, 0.25) is 5.15 Å². The number of nitrogens with two attached hydrogens (primary N) is 2. The van der Waals surface area contributed by atoms with Gasteiger partial charge < -0.3 is 40.0 Å². The van der Waals surface area contributed by atoms with Crippen LogP contribution in [-0.2, 0) is 4.57 Å². The predicted molar refractivity (Wildman–Crippen MR) is 208 cm³/mol. The molecule has 0 aliphatic heterocycles. The van der Waals surface area contributed by atoms with Gasteiger partial charge in [-0.25, -0.2) is 4.98 Å². The highest BCUT2D eigenvalue weighted by atomic mass is 36.0. The van der Waals surface area contributed by atoms with Crippen molar-refractivity contribution >= 4 is 106 Å². The van der Waals surface area contributed by atoms with Crippen molar-refractivity contribution in [2.75, 3.05) is 25.7 Å². The minimum Gasteiger partial charge on any atom is -0.496 e. The first-order valence-corrected chi connectivity index (χ1v) is 20.1. The normalized spacial score (nSPS) is 11.5. The lowest BCUT2D eigenvalue weighted by Crippen LogP contribution is -2.10. The van der Waals surface area contributed by atoms with E-state index in [1.54, 1.807) is 14.2 Å². The van der Waals surface area contributed by atoms with Gasteiger partial charge in [-0.1, -0.05) is 21.9 Å². The van der Waals surface area contributed by atoms with Crippen molar-refractivity contribution < 1.29 is 23.1 Å². The van der Waals surface area contributed by atoms with E-state index in [9.17, 15) is 9.36 Å². The fourth-order valence-corrected chi connectivity index (χ4v) is 6.39. The second kappa shape index (κ2) is 14.4. The zero-order valence-electron chi connectivity index (χ0n) is 28.6. The third kappa shape index (κ3) is 7.46. The molecule has 2 aromatic carbocycles. The number of ether oxygens (including phenoxy) is 2. The van der Waals surface area contributed by atoms with Gasteiger partial charge in [-0.15, -0.1) is 0 Å². The summed E-state index contributed by atoms with van der Waals surface area (Å²) >= 11 is 20.1. The maximum atomic E-state index is 12.2. The molecule has 0 bridgehead atoms. The van der Waals surface area contributed by atoms with Gasteiger partial charge in [0.15, 0.2) is 0 Å².